The Morgan fingerprint density at radius 3 is 2.16 bits per heavy atom. The number of carbonyl (C=O) groups is 1. The summed E-state index contributed by atoms with van der Waals surface area (Å²) in [4.78, 5) is 11.0. The predicted octanol–water partition coefficient (Wildman–Crippen LogP) is 1.68. The second-order valence-electron chi connectivity index (χ2n) is 5.94. The predicted molar refractivity (Wildman–Crippen MR) is 99.3 cm³/mol. The summed E-state index contributed by atoms with van der Waals surface area (Å²) < 4.78 is 102. The molecule has 0 heterocycles. The molecule has 0 aliphatic rings. The van der Waals surface area contributed by atoms with Gasteiger partial charge >= 0.3 is 6.36 Å². The van der Waals surface area contributed by atoms with E-state index in [4.69, 9.17) is 5.14 Å². The molecule has 0 fully saturated rings. The fourth-order valence-electron chi connectivity index (χ4n) is 2.23. The zero-order valence-electron chi connectivity index (χ0n) is 15.3. The zero-order chi connectivity index (χ0) is 23.4. The molecule has 9 nitrogen and oxygen atoms in total. The number of amides is 1. The summed E-state index contributed by atoms with van der Waals surface area (Å²) >= 11 is 0. The molecule has 0 saturated carbocycles. The van der Waals surface area contributed by atoms with Gasteiger partial charge in [0, 0.05) is 18.7 Å². The van der Waals surface area contributed by atoms with E-state index in [1.807, 2.05) is 0 Å². The quantitative estimate of drug-likeness (QED) is 0.485. The van der Waals surface area contributed by atoms with Crippen molar-refractivity contribution >= 4 is 31.6 Å². The van der Waals surface area contributed by atoms with Crippen LogP contribution in [0.1, 0.15) is 6.42 Å². The monoisotopic (exact) mass is 485 g/mol. The molecule has 15 heteroatoms. The van der Waals surface area contributed by atoms with Gasteiger partial charge in [0.1, 0.15) is 11.6 Å². The lowest BCUT2D eigenvalue weighted by Gasteiger charge is -2.10. The van der Waals surface area contributed by atoms with Gasteiger partial charge in [-0.05, 0) is 42.5 Å². The lowest BCUT2D eigenvalue weighted by molar-refractivity contribution is -0.274. The number of nitrogens with two attached hydrogens (primary N) is 1. The summed E-state index contributed by atoms with van der Waals surface area (Å²) in [6.45, 7) is -0.410. The summed E-state index contributed by atoms with van der Waals surface area (Å²) in [5.41, 5.74) is -0.211. The van der Waals surface area contributed by atoms with Crippen LogP contribution in [-0.2, 0) is 24.8 Å². The molecule has 0 saturated heterocycles. The number of sulfonamides is 2. The van der Waals surface area contributed by atoms with Crippen molar-refractivity contribution < 1.29 is 43.9 Å². The zero-order valence-corrected chi connectivity index (χ0v) is 16.9. The smallest absolute Gasteiger partial charge is 0.406 e. The third-order valence-corrected chi connectivity index (χ3v) is 5.87. The molecule has 0 aliphatic heterocycles. The maximum absolute atomic E-state index is 13.5. The fraction of sp³-hybridized carbons (Fsp3) is 0.188. The third kappa shape index (κ3) is 7.78. The largest absolute Gasteiger partial charge is 0.573 e. The first-order chi connectivity index (χ1) is 14.2. The summed E-state index contributed by atoms with van der Waals surface area (Å²) in [5, 5.41) is 7.09. The van der Waals surface area contributed by atoms with Crippen molar-refractivity contribution in [1.29, 1.82) is 0 Å². The molecule has 0 atom stereocenters. The Morgan fingerprint density at radius 2 is 1.61 bits per heavy atom. The molecular formula is C16H15F4N3O6S2. The van der Waals surface area contributed by atoms with E-state index in [2.05, 4.69) is 14.8 Å². The minimum absolute atomic E-state index is 0.211. The summed E-state index contributed by atoms with van der Waals surface area (Å²) in [5.74, 6) is -2.36. The van der Waals surface area contributed by atoms with Gasteiger partial charge in [0.25, 0.3) is 0 Å². The summed E-state index contributed by atoms with van der Waals surface area (Å²) in [6.07, 6.45) is -5.35. The highest BCUT2D eigenvalue weighted by Gasteiger charge is 2.31. The van der Waals surface area contributed by atoms with Crippen LogP contribution in [0.5, 0.6) is 5.75 Å². The Labute approximate surface area is 174 Å². The Morgan fingerprint density at radius 1 is 1.00 bits per heavy atom. The second kappa shape index (κ2) is 9.17. The molecule has 4 N–H and O–H groups in total. The highest BCUT2D eigenvalue weighted by Crippen LogP contribution is 2.24. The lowest BCUT2D eigenvalue weighted by atomic mass is 10.3. The molecule has 2 aromatic carbocycles. The van der Waals surface area contributed by atoms with Gasteiger partial charge in [-0.15, -0.1) is 13.2 Å². The summed E-state index contributed by atoms with van der Waals surface area (Å²) in [7, 11) is -8.36. The van der Waals surface area contributed by atoms with E-state index >= 15 is 0 Å². The average molecular weight is 485 g/mol. The van der Waals surface area contributed by atoms with E-state index < -0.39 is 61.7 Å². The van der Waals surface area contributed by atoms with Crippen molar-refractivity contribution in [3.8, 4) is 5.75 Å². The number of benzene rings is 2. The number of carbonyl (C=O) groups excluding carboxylic acids is 1. The minimum atomic E-state index is -4.93. The van der Waals surface area contributed by atoms with Gasteiger partial charge in [-0.1, -0.05) is 0 Å². The van der Waals surface area contributed by atoms with Gasteiger partial charge in [-0.3, -0.25) is 4.79 Å². The first kappa shape index (κ1) is 24.5. The first-order valence-electron chi connectivity index (χ1n) is 8.14. The molecule has 0 aliphatic carbocycles. The van der Waals surface area contributed by atoms with Crippen LogP contribution in [0.25, 0.3) is 0 Å². The van der Waals surface area contributed by atoms with Crippen LogP contribution >= 0.6 is 0 Å². The molecular weight excluding hydrogens is 470 g/mol. The molecule has 0 bridgehead atoms. The number of rotatable bonds is 8. The Hall–Kier alpha value is -2.75. The van der Waals surface area contributed by atoms with Crippen LogP contribution < -0.4 is 19.9 Å². The number of hydrogen-bond acceptors (Lipinski definition) is 6. The van der Waals surface area contributed by atoms with Crippen molar-refractivity contribution in [3.05, 3.63) is 48.3 Å². The van der Waals surface area contributed by atoms with Gasteiger partial charge < -0.3 is 10.1 Å². The number of anilines is 1. The van der Waals surface area contributed by atoms with Gasteiger partial charge in [-0.25, -0.2) is 31.1 Å². The topological polar surface area (TPSA) is 145 Å². The van der Waals surface area contributed by atoms with E-state index in [-0.39, 0.29) is 10.6 Å². The lowest BCUT2D eigenvalue weighted by Crippen LogP contribution is -2.28. The highest BCUT2D eigenvalue weighted by atomic mass is 32.2. The SMILES string of the molecule is NS(=O)(=O)c1cc(F)cc(NC(=O)CCNS(=O)(=O)c2ccc(OC(F)(F)F)cc2)c1. The van der Waals surface area contributed by atoms with E-state index in [0.717, 1.165) is 36.4 Å². The standard InChI is InChI=1S/C16H15F4N3O6S2/c17-10-7-11(9-14(8-10)30(21,25)26)23-15(24)5-6-22-31(27,28)13-3-1-12(2-4-13)29-16(18,19)20/h1-4,7-9,22H,5-6H2,(H,23,24)(H2,21,25,26). The van der Waals surface area contributed by atoms with Crippen LogP contribution in [-0.4, -0.2) is 35.6 Å². The molecule has 0 radical (unpaired) electrons. The Kier molecular flexibility index (Phi) is 7.25. The molecule has 0 aromatic heterocycles. The maximum atomic E-state index is 13.5. The van der Waals surface area contributed by atoms with Crippen LogP contribution in [0.3, 0.4) is 0 Å². The average Bonchev–Trinajstić information content (AvgIpc) is 2.59. The fourth-order valence-corrected chi connectivity index (χ4v) is 3.83. The van der Waals surface area contributed by atoms with Crippen LogP contribution in [0.2, 0.25) is 0 Å². The van der Waals surface area contributed by atoms with E-state index in [9.17, 15) is 39.2 Å². The van der Waals surface area contributed by atoms with Crippen LogP contribution in [0.15, 0.2) is 52.3 Å². The van der Waals surface area contributed by atoms with Gasteiger partial charge in [-0.2, -0.15) is 0 Å². The number of hydrogen-bond donors (Lipinski definition) is 3. The van der Waals surface area contributed by atoms with E-state index in [1.165, 1.54) is 0 Å². The number of nitrogens with one attached hydrogen (secondary N) is 2. The number of primary sulfonamides is 1. The molecule has 170 valence electrons. The molecule has 2 rings (SSSR count). The van der Waals surface area contributed by atoms with Crippen molar-refractivity contribution in [2.45, 2.75) is 22.6 Å². The normalized spacial score (nSPS) is 12.4. The Bertz CT molecular complexity index is 1170. The molecule has 1 amide bonds. The van der Waals surface area contributed by atoms with Gasteiger partial charge in [0.15, 0.2) is 0 Å². The second-order valence-corrected chi connectivity index (χ2v) is 9.26. The molecule has 0 spiro atoms. The first-order valence-corrected chi connectivity index (χ1v) is 11.2. The Balaban J connectivity index is 1.95. The molecule has 31 heavy (non-hydrogen) atoms. The van der Waals surface area contributed by atoms with Crippen LogP contribution in [0, 0.1) is 5.82 Å². The van der Waals surface area contributed by atoms with Gasteiger partial charge in [0.05, 0.1) is 9.79 Å². The van der Waals surface area contributed by atoms with E-state index in [1.54, 1.807) is 0 Å². The molecule has 0 unspecified atom stereocenters. The van der Waals surface area contributed by atoms with Crippen molar-refractivity contribution in [1.82, 2.24) is 4.72 Å². The number of halogens is 4. The number of ether oxygens (including phenoxy) is 1. The van der Waals surface area contributed by atoms with Crippen molar-refractivity contribution in [2.24, 2.45) is 5.14 Å². The van der Waals surface area contributed by atoms with Gasteiger partial charge in [0.2, 0.25) is 26.0 Å². The van der Waals surface area contributed by atoms with E-state index in [0.29, 0.717) is 6.07 Å². The van der Waals surface area contributed by atoms with Crippen molar-refractivity contribution in [2.75, 3.05) is 11.9 Å². The minimum Gasteiger partial charge on any atom is -0.406 e. The maximum Gasteiger partial charge on any atom is 0.573 e. The molecule has 2 aromatic rings. The summed E-state index contributed by atoms with van der Waals surface area (Å²) in [6, 6.07) is 5.79. The van der Waals surface area contributed by atoms with Crippen LogP contribution in [0.4, 0.5) is 23.2 Å². The van der Waals surface area contributed by atoms with Crippen molar-refractivity contribution in [3.63, 3.8) is 0 Å². The number of alkyl halides is 3. The third-order valence-electron chi connectivity index (χ3n) is 3.50. The highest BCUT2D eigenvalue weighted by molar-refractivity contribution is 7.89.